The molecule has 0 bridgehead atoms. The van der Waals surface area contributed by atoms with Crippen LogP contribution in [0.1, 0.15) is 32.6 Å². The standard InChI is InChI=1S/C15H10O7.C10H18ClN3O2/c16-7-4-10(19)12-11(5-7)22-15(14(21)13(12)20)6-1-2-8(17)9(18)3-6;1-8-2-4-9(5-3-8)12-10(15)14(13-16)7-6-11/h1-5,16-19,21H;8-9H,2-7H2,1H3,(H,12,15). The first-order chi connectivity index (χ1) is 18.0. The fraction of sp³-hybridized carbons (Fsp3) is 0.360. The third-order valence-corrected chi connectivity index (χ3v) is 6.31. The van der Waals surface area contributed by atoms with E-state index in [0.29, 0.717) is 0 Å². The van der Waals surface area contributed by atoms with Crippen LogP contribution in [0.2, 0.25) is 0 Å². The summed E-state index contributed by atoms with van der Waals surface area (Å²) in [7, 11) is 0. The van der Waals surface area contributed by atoms with Crippen LogP contribution in [0.25, 0.3) is 22.3 Å². The van der Waals surface area contributed by atoms with Crippen LogP contribution in [0.5, 0.6) is 28.7 Å². The van der Waals surface area contributed by atoms with Crippen LogP contribution in [0.4, 0.5) is 4.79 Å². The summed E-state index contributed by atoms with van der Waals surface area (Å²) in [5.41, 5.74) is -0.890. The van der Waals surface area contributed by atoms with Crippen LogP contribution < -0.4 is 10.7 Å². The number of carbonyl (C=O) groups excluding carboxylic acids is 1. The Morgan fingerprint density at radius 1 is 1.05 bits per heavy atom. The minimum atomic E-state index is -0.888. The molecule has 1 fully saturated rings. The van der Waals surface area contributed by atoms with Gasteiger partial charge in [-0.3, -0.25) is 4.79 Å². The summed E-state index contributed by atoms with van der Waals surface area (Å²) < 4.78 is 5.35. The monoisotopic (exact) mass is 549 g/mol. The quantitative estimate of drug-likeness (QED) is 0.115. The van der Waals surface area contributed by atoms with Gasteiger partial charge in [0.15, 0.2) is 17.3 Å². The number of carbonyl (C=O) groups is 1. The number of phenols is 4. The normalized spacial score (nSPS) is 16.8. The number of nitrogens with one attached hydrogen (secondary N) is 1. The molecular formula is C25H28ClN3O9. The molecule has 4 rings (SSSR count). The molecule has 38 heavy (non-hydrogen) atoms. The van der Waals surface area contributed by atoms with Crippen molar-refractivity contribution in [2.24, 2.45) is 11.2 Å². The van der Waals surface area contributed by atoms with Crippen LogP contribution in [0.3, 0.4) is 0 Å². The molecule has 3 aromatic rings. The van der Waals surface area contributed by atoms with Gasteiger partial charge in [-0.05, 0) is 49.8 Å². The van der Waals surface area contributed by atoms with Gasteiger partial charge in [0.1, 0.15) is 22.5 Å². The Bertz CT molecular complexity index is 1370. The Morgan fingerprint density at radius 3 is 2.34 bits per heavy atom. The summed E-state index contributed by atoms with van der Waals surface area (Å²) in [5, 5.41) is 53.9. The number of halogens is 1. The van der Waals surface area contributed by atoms with Crippen molar-refractivity contribution < 1.29 is 34.7 Å². The van der Waals surface area contributed by atoms with Gasteiger partial charge in [-0.15, -0.1) is 16.5 Å². The van der Waals surface area contributed by atoms with Crippen LogP contribution >= 0.6 is 11.6 Å². The molecule has 0 saturated heterocycles. The van der Waals surface area contributed by atoms with E-state index in [1.165, 1.54) is 6.07 Å². The molecule has 1 heterocycles. The van der Waals surface area contributed by atoms with Crippen molar-refractivity contribution in [3.63, 3.8) is 0 Å². The molecule has 0 atom stereocenters. The minimum absolute atomic E-state index is 0.134. The first-order valence-corrected chi connectivity index (χ1v) is 12.3. The maximum absolute atomic E-state index is 12.1. The average molecular weight is 550 g/mol. The van der Waals surface area contributed by atoms with Crippen molar-refractivity contribution in [2.45, 2.75) is 38.6 Å². The number of amides is 2. The molecule has 1 saturated carbocycles. The SMILES string of the molecule is CC1CCC(NC(=O)N(CCCl)N=O)CC1.O=c1c(O)c(-c2ccc(O)c(O)c2)oc2cc(O)cc(O)c12. The number of nitroso groups, excluding NO2 is 1. The van der Waals surface area contributed by atoms with Crippen molar-refractivity contribution in [1.29, 1.82) is 0 Å². The number of rotatable bonds is 5. The van der Waals surface area contributed by atoms with Crippen LogP contribution in [0.15, 0.2) is 44.8 Å². The Kier molecular flexibility index (Phi) is 9.24. The maximum atomic E-state index is 12.1. The summed E-state index contributed by atoms with van der Waals surface area (Å²) in [6, 6.07) is 5.38. The minimum Gasteiger partial charge on any atom is -0.508 e. The second-order valence-corrected chi connectivity index (χ2v) is 9.33. The predicted molar refractivity (Wildman–Crippen MR) is 139 cm³/mol. The number of urea groups is 1. The highest BCUT2D eigenvalue weighted by Gasteiger charge is 2.23. The molecule has 0 radical (unpaired) electrons. The number of hydrogen-bond acceptors (Lipinski definition) is 10. The number of hydrogen-bond donors (Lipinski definition) is 6. The first kappa shape index (κ1) is 28.4. The highest BCUT2D eigenvalue weighted by molar-refractivity contribution is 6.18. The lowest BCUT2D eigenvalue weighted by atomic mass is 9.87. The third kappa shape index (κ3) is 6.57. The summed E-state index contributed by atoms with van der Waals surface area (Å²) >= 11 is 5.46. The van der Waals surface area contributed by atoms with Crippen LogP contribution in [-0.2, 0) is 0 Å². The lowest BCUT2D eigenvalue weighted by molar-refractivity contribution is 0.191. The Labute approximate surface area is 221 Å². The molecule has 1 aliphatic rings. The zero-order valence-corrected chi connectivity index (χ0v) is 21.2. The van der Waals surface area contributed by atoms with E-state index in [2.05, 4.69) is 17.5 Å². The third-order valence-electron chi connectivity index (χ3n) is 6.15. The Hall–Kier alpha value is -4.19. The van der Waals surface area contributed by atoms with Gasteiger partial charge < -0.3 is 35.3 Å². The Balaban J connectivity index is 0.000000223. The number of phenolic OH excluding ortho intramolecular Hbond substituents is 4. The van der Waals surface area contributed by atoms with Gasteiger partial charge in [-0.25, -0.2) is 4.79 Å². The van der Waals surface area contributed by atoms with Crippen molar-refractivity contribution in [2.75, 3.05) is 12.4 Å². The molecule has 0 spiro atoms. The summed E-state index contributed by atoms with van der Waals surface area (Å²) in [4.78, 5) is 34.1. The highest BCUT2D eigenvalue weighted by atomic mass is 35.5. The molecular weight excluding hydrogens is 522 g/mol. The molecule has 2 amide bonds. The van der Waals surface area contributed by atoms with Gasteiger partial charge in [0.25, 0.3) is 0 Å². The molecule has 1 aliphatic carbocycles. The maximum Gasteiger partial charge on any atom is 0.340 e. The van der Waals surface area contributed by atoms with E-state index < -0.39 is 28.7 Å². The number of alkyl halides is 1. The van der Waals surface area contributed by atoms with E-state index in [4.69, 9.17) is 16.0 Å². The number of aromatic hydroxyl groups is 5. The largest absolute Gasteiger partial charge is 0.508 e. The summed E-state index contributed by atoms with van der Waals surface area (Å²) in [5.74, 6) is -1.77. The average Bonchev–Trinajstić information content (AvgIpc) is 2.87. The van der Waals surface area contributed by atoms with E-state index in [9.17, 15) is 40.0 Å². The summed E-state index contributed by atoms with van der Waals surface area (Å²) in [6.07, 6.45) is 4.19. The van der Waals surface area contributed by atoms with E-state index >= 15 is 0 Å². The smallest absolute Gasteiger partial charge is 0.340 e. The van der Waals surface area contributed by atoms with Gasteiger partial charge in [0.2, 0.25) is 11.2 Å². The molecule has 0 unspecified atom stereocenters. The van der Waals surface area contributed by atoms with Crippen LogP contribution in [0, 0.1) is 10.8 Å². The van der Waals surface area contributed by atoms with Gasteiger partial charge in [0.05, 0.1) is 11.8 Å². The van der Waals surface area contributed by atoms with Crippen molar-refractivity contribution in [1.82, 2.24) is 10.3 Å². The van der Waals surface area contributed by atoms with Gasteiger partial charge >= 0.3 is 6.03 Å². The molecule has 13 heteroatoms. The molecule has 2 aromatic carbocycles. The van der Waals surface area contributed by atoms with E-state index in [-0.39, 0.29) is 52.3 Å². The Morgan fingerprint density at radius 2 is 1.74 bits per heavy atom. The van der Waals surface area contributed by atoms with Gasteiger partial charge in [-0.1, -0.05) is 6.92 Å². The molecule has 6 N–H and O–H groups in total. The number of benzene rings is 2. The fourth-order valence-electron chi connectivity index (χ4n) is 4.05. The number of nitrogens with zero attached hydrogens (tertiary/aromatic N) is 2. The van der Waals surface area contributed by atoms with Crippen molar-refractivity contribution >= 4 is 28.6 Å². The van der Waals surface area contributed by atoms with Crippen molar-refractivity contribution in [3.05, 3.63) is 45.5 Å². The second-order valence-electron chi connectivity index (χ2n) is 8.95. The summed E-state index contributed by atoms with van der Waals surface area (Å²) in [6.45, 7) is 2.37. The fourth-order valence-corrected chi connectivity index (χ4v) is 4.21. The first-order valence-electron chi connectivity index (χ1n) is 11.8. The lowest BCUT2D eigenvalue weighted by Gasteiger charge is -2.27. The topological polar surface area (TPSA) is 193 Å². The number of fused-ring (bicyclic) bond motifs is 1. The van der Waals surface area contributed by atoms with E-state index in [0.717, 1.165) is 60.9 Å². The molecule has 1 aromatic heterocycles. The van der Waals surface area contributed by atoms with E-state index in [1.54, 1.807) is 0 Å². The second kappa shape index (κ2) is 12.4. The van der Waals surface area contributed by atoms with Crippen LogP contribution in [-0.4, -0.2) is 55.0 Å². The van der Waals surface area contributed by atoms with Crippen molar-refractivity contribution in [3.8, 4) is 40.1 Å². The predicted octanol–water partition coefficient (Wildman–Crippen LogP) is 4.48. The zero-order chi connectivity index (χ0) is 28.0. The van der Waals surface area contributed by atoms with E-state index in [1.807, 2.05) is 0 Å². The van der Waals surface area contributed by atoms with Gasteiger partial charge in [-0.2, -0.15) is 5.01 Å². The lowest BCUT2D eigenvalue weighted by Crippen LogP contribution is -2.44. The molecule has 12 nitrogen and oxygen atoms in total. The molecule has 0 aliphatic heterocycles. The van der Waals surface area contributed by atoms with Gasteiger partial charge in [0, 0.05) is 29.6 Å². The molecule has 204 valence electrons. The zero-order valence-electron chi connectivity index (χ0n) is 20.4. The highest BCUT2D eigenvalue weighted by Crippen LogP contribution is 2.37.